The summed E-state index contributed by atoms with van der Waals surface area (Å²) in [6, 6.07) is 13.7. The van der Waals surface area contributed by atoms with E-state index in [1.54, 1.807) is 35.2 Å². The third-order valence-corrected chi connectivity index (χ3v) is 7.42. The van der Waals surface area contributed by atoms with Gasteiger partial charge in [0.2, 0.25) is 5.91 Å². The predicted octanol–water partition coefficient (Wildman–Crippen LogP) is 3.01. The van der Waals surface area contributed by atoms with Gasteiger partial charge < -0.3 is 4.90 Å². The summed E-state index contributed by atoms with van der Waals surface area (Å²) in [5.74, 6) is -0.149. The van der Waals surface area contributed by atoms with Gasteiger partial charge in [0.1, 0.15) is 0 Å². The minimum atomic E-state index is -3.24. The van der Waals surface area contributed by atoms with Crippen LogP contribution in [-0.4, -0.2) is 49.4 Å². The Hall–Kier alpha value is -1.60. The zero-order valence-corrected chi connectivity index (χ0v) is 16.7. The average molecular weight is 425 g/mol. The fraction of sp³-hybridized carbons (Fsp3) is 0.316. The fourth-order valence-electron chi connectivity index (χ4n) is 3.94. The van der Waals surface area contributed by atoms with Crippen molar-refractivity contribution in [2.24, 2.45) is 0 Å². The molecule has 2 aliphatic heterocycles. The first-order valence-electron chi connectivity index (χ1n) is 8.59. The Morgan fingerprint density at radius 2 is 1.74 bits per heavy atom. The van der Waals surface area contributed by atoms with Gasteiger partial charge in [-0.3, -0.25) is 9.69 Å². The maximum Gasteiger partial charge on any atom is 0.241 e. The van der Waals surface area contributed by atoms with Crippen molar-refractivity contribution >= 4 is 44.6 Å². The number of carbonyl (C=O) groups is 1. The van der Waals surface area contributed by atoms with Crippen molar-refractivity contribution in [3.8, 4) is 0 Å². The van der Waals surface area contributed by atoms with Gasteiger partial charge in [-0.2, -0.15) is 0 Å². The molecule has 2 aliphatic rings. The Bertz CT molecular complexity index is 996. The second-order valence-corrected chi connectivity index (χ2v) is 9.95. The van der Waals surface area contributed by atoms with E-state index >= 15 is 0 Å². The van der Waals surface area contributed by atoms with Crippen LogP contribution in [0, 0.1) is 0 Å². The molecule has 1 amide bonds. The van der Waals surface area contributed by atoms with Crippen molar-refractivity contribution in [1.29, 1.82) is 0 Å². The molecule has 2 fully saturated rings. The number of sulfone groups is 1. The van der Waals surface area contributed by atoms with Gasteiger partial charge in [-0.05, 0) is 29.8 Å². The quantitative estimate of drug-likeness (QED) is 0.759. The number of hydrogen-bond donors (Lipinski definition) is 0. The summed E-state index contributed by atoms with van der Waals surface area (Å²) >= 11 is 12.3. The van der Waals surface area contributed by atoms with Gasteiger partial charge in [-0.1, -0.05) is 47.5 Å². The van der Waals surface area contributed by atoms with E-state index in [1.807, 2.05) is 23.1 Å². The van der Waals surface area contributed by atoms with Crippen LogP contribution in [0.1, 0.15) is 5.56 Å². The number of benzene rings is 2. The van der Waals surface area contributed by atoms with E-state index in [0.29, 0.717) is 22.3 Å². The van der Waals surface area contributed by atoms with Crippen LogP contribution in [0.15, 0.2) is 48.5 Å². The van der Waals surface area contributed by atoms with Gasteiger partial charge in [0.15, 0.2) is 9.84 Å². The van der Waals surface area contributed by atoms with Crippen molar-refractivity contribution in [2.45, 2.75) is 18.6 Å². The molecule has 0 unspecified atom stereocenters. The van der Waals surface area contributed by atoms with Crippen molar-refractivity contribution in [2.75, 3.05) is 23.0 Å². The van der Waals surface area contributed by atoms with E-state index in [0.717, 1.165) is 5.56 Å². The van der Waals surface area contributed by atoms with E-state index < -0.39 is 15.9 Å². The summed E-state index contributed by atoms with van der Waals surface area (Å²) in [4.78, 5) is 16.5. The van der Waals surface area contributed by atoms with Crippen molar-refractivity contribution in [3.63, 3.8) is 0 Å². The zero-order valence-electron chi connectivity index (χ0n) is 14.4. The molecule has 2 aromatic carbocycles. The van der Waals surface area contributed by atoms with Crippen LogP contribution in [0.4, 0.5) is 5.69 Å². The number of amides is 1. The number of piperazine rings is 1. The van der Waals surface area contributed by atoms with Gasteiger partial charge in [0, 0.05) is 28.3 Å². The minimum Gasteiger partial charge on any atom is -0.306 e. The number of halogens is 2. The van der Waals surface area contributed by atoms with Crippen molar-refractivity contribution in [1.82, 2.24) is 4.90 Å². The molecule has 2 heterocycles. The third kappa shape index (κ3) is 3.72. The molecule has 0 bridgehead atoms. The van der Waals surface area contributed by atoms with Crippen LogP contribution in [0.25, 0.3) is 0 Å². The van der Waals surface area contributed by atoms with Crippen LogP contribution in [0.2, 0.25) is 10.0 Å². The third-order valence-electron chi connectivity index (χ3n) is 5.12. The lowest BCUT2D eigenvalue weighted by Gasteiger charge is -2.43. The molecule has 0 spiro atoms. The Morgan fingerprint density at radius 3 is 2.48 bits per heavy atom. The monoisotopic (exact) mass is 424 g/mol. The standard InChI is InChI=1S/C19H18Cl2N2O3S/c20-14-5-3-6-15(8-14)23-18-12-27(25,26)11-17(18)22(10-19(23)24)9-13-4-1-2-7-16(13)21/h1-8,17-18H,9-12H2/t17-,18-/m0/s1. The largest absolute Gasteiger partial charge is 0.306 e. The summed E-state index contributed by atoms with van der Waals surface area (Å²) in [7, 11) is -3.24. The molecule has 27 heavy (non-hydrogen) atoms. The summed E-state index contributed by atoms with van der Waals surface area (Å²) in [6.07, 6.45) is 0. The summed E-state index contributed by atoms with van der Waals surface area (Å²) in [5, 5.41) is 1.12. The van der Waals surface area contributed by atoms with E-state index in [1.165, 1.54) is 0 Å². The number of hydrogen-bond acceptors (Lipinski definition) is 4. The molecule has 4 rings (SSSR count). The fourth-order valence-corrected chi connectivity index (χ4v) is 6.30. The highest BCUT2D eigenvalue weighted by molar-refractivity contribution is 7.91. The lowest BCUT2D eigenvalue weighted by atomic mass is 10.0. The molecule has 0 N–H and O–H groups in total. The molecule has 142 valence electrons. The molecule has 0 radical (unpaired) electrons. The molecular weight excluding hydrogens is 407 g/mol. The smallest absolute Gasteiger partial charge is 0.241 e. The number of rotatable bonds is 3. The highest BCUT2D eigenvalue weighted by atomic mass is 35.5. The molecule has 0 aromatic heterocycles. The normalized spacial score (nSPS) is 24.8. The van der Waals surface area contributed by atoms with E-state index in [-0.39, 0.29) is 30.0 Å². The van der Waals surface area contributed by atoms with Gasteiger partial charge in [0.25, 0.3) is 0 Å². The SMILES string of the molecule is O=C1CN(Cc2ccccc2Cl)[C@H]2CS(=O)(=O)C[C@@H]2N1c1cccc(Cl)c1. The molecule has 2 aromatic rings. The van der Waals surface area contributed by atoms with Crippen LogP contribution in [-0.2, 0) is 21.2 Å². The maximum atomic E-state index is 13.0. The van der Waals surface area contributed by atoms with Gasteiger partial charge >= 0.3 is 0 Å². The second-order valence-electron chi connectivity index (χ2n) is 6.95. The number of nitrogens with zero attached hydrogens (tertiary/aromatic N) is 2. The summed E-state index contributed by atoms with van der Waals surface area (Å²) in [6.45, 7) is 0.569. The van der Waals surface area contributed by atoms with Crippen LogP contribution in [0.5, 0.6) is 0 Å². The lowest BCUT2D eigenvalue weighted by Crippen LogP contribution is -2.61. The number of anilines is 1. The van der Waals surface area contributed by atoms with Crippen LogP contribution in [0.3, 0.4) is 0 Å². The molecule has 0 aliphatic carbocycles. The number of carbonyl (C=O) groups excluding carboxylic acids is 1. The molecular formula is C19H18Cl2N2O3S. The molecule has 0 saturated carbocycles. The average Bonchev–Trinajstić information content (AvgIpc) is 2.92. The maximum absolute atomic E-state index is 13.0. The first-order valence-corrected chi connectivity index (χ1v) is 11.2. The molecule has 8 heteroatoms. The first-order chi connectivity index (χ1) is 12.8. The van der Waals surface area contributed by atoms with Crippen molar-refractivity contribution in [3.05, 3.63) is 64.1 Å². The lowest BCUT2D eigenvalue weighted by molar-refractivity contribution is -0.123. The topological polar surface area (TPSA) is 57.7 Å². The molecule has 5 nitrogen and oxygen atoms in total. The van der Waals surface area contributed by atoms with Gasteiger partial charge in [0.05, 0.1) is 24.1 Å². The Labute approximate surface area is 168 Å². The van der Waals surface area contributed by atoms with Crippen molar-refractivity contribution < 1.29 is 13.2 Å². The Balaban J connectivity index is 1.69. The summed E-state index contributed by atoms with van der Waals surface area (Å²) in [5.41, 5.74) is 1.52. The Morgan fingerprint density at radius 1 is 1.00 bits per heavy atom. The van der Waals surface area contributed by atoms with E-state index in [2.05, 4.69) is 0 Å². The molecule has 2 atom stereocenters. The van der Waals surface area contributed by atoms with Gasteiger partial charge in [-0.25, -0.2) is 8.42 Å². The van der Waals surface area contributed by atoms with Crippen LogP contribution < -0.4 is 4.90 Å². The number of fused-ring (bicyclic) bond motifs is 1. The Kier molecular flexibility index (Phi) is 4.93. The van der Waals surface area contributed by atoms with Gasteiger partial charge in [-0.15, -0.1) is 0 Å². The predicted molar refractivity (Wildman–Crippen MR) is 107 cm³/mol. The second kappa shape index (κ2) is 7.09. The van der Waals surface area contributed by atoms with E-state index in [9.17, 15) is 13.2 Å². The zero-order chi connectivity index (χ0) is 19.2. The van der Waals surface area contributed by atoms with E-state index in [4.69, 9.17) is 23.2 Å². The highest BCUT2D eigenvalue weighted by Crippen LogP contribution is 2.34. The molecule has 2 saturated heterocycles. The minimum absolute atomic E-state index is 0.0342. The van der Waals surface area contributed by atoms with Crippen LogP contribution >= 0.6 is 23.2 Å². The first kappa shape index (κ1) is 18.7. The summed E-state index contributed by atoms with van der Waals surface area (Å²) < 4.78 is 24.8. The highest BCUT2D eigenvalue weighted by Gasteiger charge is 2.49.